The first kappa shape index (κ1) is 13.2. The molecule has 0 saturated heterocycles. The lowest BCUT2D eigenvalue weighted by Gasteiger charge is -2.32. The maximum atomic E-state index is 10.1. The normalized spacial score (nSPS) is 16.9. The maximum absolute atomic E-state index is 10.1. The highest BCUT2D eigenvalue weighted by Gasteiger charge is 2.28. The molecule has 1 aliphatic carbocycles. The molecule has 3 heteroatoms. The molecule has 0 heterocycles. The standard InChI is InChI=1S/C15H17NO.ClH/c16-15(11-5-3-6-11)14-12-7-2-1-4-10(12)8-9-13(14)17;/h1-2,4,7-9,11,15,17H,3,5-6,16H2;1H/t15-;/m1./s1. The van der Waals surface area contributed by atoms with Crippen LogP contribution in [-0.4, -0.2) is 5.11 Å². The average molecular weight is 264 g/mol. The van der Waals surface area contributed by atoms with Gasteiger partial charge in [0, 0.05) is 11.6 Å². The van der Waals surface area contributed by atoms with E-state index in [0.29, 0.717) is 11.7 Å². The Hall–Kier alpha value is -1.25. The lowest BCUT2D eigenvalue weighted by Crippen LogP contribution is -2.27. The minimum atomic E-state index is -0.0325. The Morgan fingerprint density at radius 1 is 1.11 bits per heavy atom. The van der Waals surface area contributed by atoms with Gasteiger partial charge < -0.3 is 10.8 Å². The molecule has 1 fully saturated rings. The Bertz CT molecular complexity index is 551. The summed E-state index contributed by atoms with van der Waals surface area (Å²) in [4.78, 5) is 0. The lowest BCUT2D eigenvalue weighted by atomic mass is 9.76. The summed E-state index contributed by atoms with van der Waals surface area (Å²) in [7, 11) is 0. The van der Waals surface area contributed by atoms with E-state index in [1.54, 1.807) is 6.07 Å². The zero-order chi connectivity index (χ0) is 11.8. The second kappa shape index (κ2) is 5.17. The number of aromatic hydroxyl groups is 1. The van der Waals surface area contributed by atoms with Crippen LogP contribution in [0.4, 0.5) is 0 Å². The molecule has 1 saturated carbocycles. The number of hydrogen-bond acceptors (Lipinski definition) is 2. The molecule has 0 amide bonds. The first-order chi connectivity index (χ1) is 8.27. The van der Waals surface area contributed by atoms with E-state index in [-0.39, 0.29) is 18.4 Å². The summed E-state index contributed by atoms with van der Waals surface area (Å²) in [6, 6.07) is 11.8. The Balaban J connectivity index is 0.00000120. The van der Waals surface area contributed by atoms with Crippen molar-refractivity contribution in [3.63, 3.8) is 0 Å². The number of fused-ring (bicyclic) bond motifs is 1. The molecule has 2 aromatic rings. The van der Waals surface area contributed by atoms with Gasteiger partial charge in [-0.05, 0) is 35.6 Å². The van der Waals surface area contributed by atoms with E-state index < -0.39 is 0 Å². The summed E-state index contributed by atoms with van der Waals surface area (Å²) >= 11 is 0. The Labute approximate surface area is 113 Å². The molecule has 0 aromatic heterocycles. The van der Waals surface area contributed by atoms with Gasteiger partial charge >= 0.3 is 0 Å². The monoisotopic (exact) mass is 263 g/mol. The lowest BCUT2D eigenvalue weighted by molar-refractivity contribution is 0.261. The largest absolute Gasteiger partial charge is 0.508 e. The summed E-state index contributed by atoms with van der Waals surface area (Å²) in [6.07, 6.45) is 3.64. The summed E-state index contributed by atoms with van der Waals surface area (Å²) in [5.41, 5.74) is 7.23. The van der Waals surface area contributed by atoms with Crippen molar-refractivity contribution in [2.24, 2.45) is 11.7 Å². The van der Waals surface area contributed by atoms with Crippen LogP contribution in [0.3, 0.4) is 0 Å². The minimum absolute atomic E-state index is 0. The van der Waals surface area contributed by atoms with Crippen molar-refractivity contribution in [1.29, 1.82) is 0 Å². The molecule has 0 spiro atoms. The van der Waals surface area contributed by atoms with E-state index in [2.05, 4.69) is 6.07 Å². The number of benzene rings is 2. The zero-order valence-electron chi connectivity index (χ0n) is 10.2. The van der Waals surface area contributed by atoms with Crippen molar-refractivity contribution < 1.29 is 5.11 Å². The smallest absolute Gasteiger partial charge is 0.120 e. The van der Waals surface area contributed by atoms with Crippen LogP contribution in [0, 0.1) is 5.92 Å². The van der Waals surface area contributed by atoms with Gasteiger partial charge in [0.2, 0.25) is 0 Å². The first-order valence-electron chi connectivity index (χ1n) is 6.23. The molecule has 2 aromatic carbocycles. The van der Waals surface area contributed by atoms with Crippen LogP contribution < -0.4 is 5.73 Å². The van der Waals surface area contributed by atoms with Gasteiger partial charge in [0.05, 0.1) is 0 Å². The Morgan fingerprint density at radius 3 is 2.50 bits per heavy atom. The van der Waals surface area contributed by atoms with E-state index in [1.165, 1.54) is 19.3 Å². The molecule has 2 nitrogen and oxygen atoms in total. The molecule has 18 heavy (non-hydrogen) atoms. The first-order valence-corrected chi connectivity index (χ1v) is 6.23. The number of phenols is 1. The van der Waals surface area contributed by atoms with E-state index in [4.69, 9.17) is 5.73 Å². The second-order valence-corrected chi connectivity index (χ2v) is 4.94. The predicted molar refractivity (Wildman–Crippen MR) is 77.1 cm³/mol. The predicted octanol–water partition coefficient (Wildman–Crippen LogP) is 3.77. The third kappa shape index (κ3) is 2.06. The highest BCUT2D eigenvalue weighted by Crippen LogP contribution is 2.41. The van der Waals surface area contributed by atoms with Gasteiger partial charge in [0.15, 0.2) is 0 Å². The summed E-state index contributed by atoms with van der Waals surface area (Å²) in [6.45, 7) is 0. The fourth-order valence-electron chi connectivity index (χ4n) is 2.67. The van der Waals surface area contributed by atoms with Crippen LogP contribution in [0.1, 0.15) is 30.9 Å². The molecule has 0 unspecified atom stereocenters. The summed E-state index contributed by atoms with van der Waals surface area (Å²) in [5, 5.41) is 12.3. The molecule has 0 bridgehead atoms. The SMILES string of the molecule is Cl.N[C@@H](c1c(O)ccc2ccccc12)C1CCC1. The van der Waals surface area contributed by atoms with Crippen LogP contribution in [0.5, 0.6) is 5.75 Å². The fourth-order valence-corrected chi connectivity index (χ4v) is 2.67. The molecule has 1 aliphatic rings. The van der Waals surface area contributed by atoms with Gasteiger partial charge in [-0.3, -0.25) is 0 Å². The van der Waals surface area contributed by atoms with Gasteiger partial charge in [-0.2, -0.15) is 0 Å². The zero-order valence-corrected chi connectivity index (χ0v) is 11.0. The molecule has 96 valence electrons. The van der Waals surface area contributed by atoms with E-state index >= 15 is 0 Å². The van der Waals surface area contributed by atoms with Gasteiger partial charge in [-0.1, -0.05) is 36.8 Å². The quantitative estimate of drug-likeness (QED) is 0.866. The third-order valence-corrected chi connectivity index (χ3v) is 3.94. The minimum Gasteiger partial charge on any atom is -0.508 e. The number of rotatable bonds is 2. The van der Waals surface area contributed by atoms with Crippen molar-refractivity contribution in [2.45, 2.75) is 25.3 Å². The molecule has 3 N–H and O–H groups in total. The Kier molecular flexibility index (Phi) is 3.79. The van der Waals surface area contributed by atoms with Crippen LogP contribution in [0.15, 0.2) is 36.4 Å². The van der Waals surface area contributed by atoms with Crippen LogP contribution in [-0.2, 0) is 0 Å². The average Bonchev–Trinajstić information content (AvgIpc) is 2.26. The van der Waals surface area contributed by atoms with Crippen LogP contribution >= 0.6 is 12.4 Å². The number of halogens is 1. The Morgan fingerprint density at radius 2 is 1.83 bits per heavy atom. The highest BCUT2D eigenvalue weighted by molar-refractivity contribution is 5.88. The van der Waals surface area contributed by atoms with Crippen molar-refractivity contribution >= 4 is 23.2 Å². The highest BCUT2D eigenvalue weighted by atomic mass is 35.5. The topological polar surface area (TPSA) is 46.2 Å². The summed E-state index contributed by atoms with van der Waals surface area (Å²) < 4.78 is 0. The number of hydrogen-bond donors (Lipinski definition) is 2. The van der Waals surface area contributed by atoms with Gasteiger partial charge in [-0.15, -0.1) is 12.4 Å². The van der Waals surface area contributed by atoms with Crippen molar-refractivity contribution in [3.8, 4) is 5.75 Å². The van der Waals surface area contributed by atoms with Crippen LogP contribution in [0.2, 0.25) is 0 Å². The second-order valence-electron chi connectivity index (χ2n) is 4.94. The molecule has 1 atom stereocenters. The fraction of sp³-hybridized carbons (Fsp3) is 0.333. The molecule has 0 aliphatic heterocycles. The maximum Gasteiger partial charge on any atom is 0.120 e. The molecular formula is C15H18ClNO. The summed E-state index contributed by atoms with van der Waals surface area (Å²) in [5.74, 6) is 0.870. The van der Waals surface area contributed by atoms with Crippen molar-refractivity contribution in [2.75, 3.05) is 0 Å². The van der Waals surface area contributed by atoms with Gasteiger partial charge in [-0.25, -0.2) is 0 Å². The molecule has 3 rings (SSSR count). The van der Waals surface area contributed by atoms with Gasteiger partial charge in [0.25, 0.3) is 0 Å². The number of nitrogens with two attached hydrogens (primary N) is 1. The third-order valence-electron chi connectivity index (χ3n) is 3.94. The van der Waals surface area contributed by atoms with Gasteiger partial charge in [0.1, 0.15) is 5.75 Å². The van der Waals surface area contributed by atoms with Crippen molar-refractivity contribution in [3.05, 3.63) is 42.0 Å². The molecular weight excluding hydrogens is 246 g/mol. The number of phenolic OH excluding ortho intramolecular Hbond substituents is 1. The van der Waals surface area contributed by atoms with Crippen LogP contribution in [0.25, 0.3) is 10.8 Å². The molecule has 0 radical (unpaired) electrons. The van der Waals surface area contributed by atoms with Crippen molar-refractivity contribution in [1.82, 2.24) is 0 Å². The van der Waals surface area contributed by atoms with E-state index in [9.17, 15) is 5.11 Å². The van der Waals surface area contributed by atoms with E-state index in [1.807, 2.05) is 24.3 Å². The van der Waals surface area contributed by atoms with E-state index in [0.717, 1.165) is 16.3 Å².